The van der Waals surface area contributed by atoms with Crippen LogP contribution >= 0.6 is 11.6 Å². The van der Waals surface area contributed by atoms with E-state index in [0.717, 1.165) is 17.0 Å². The van der Waals surface area contributed by atoms with Crippen LogP contribution in [0.3, 0.4) is 0 Å². The minimum absolute atomic E-state index is 0.427. The monoisotopic (exact) mass is 338 g/mol. The highest BCUT2D eigenvalue weighted by Crippen LogP contribution is 2.32. The fraction of sp³-hybridized carbons (Fsp3) is 0.150. The van der Waals surface area contributed by atoms with Crippen LogP contribution in [0.1, 0.15) is 27.2 Å². The molecule has 0 aliphatic rings. The maximum absolute atomic E-state index is 11.8. The van der Waals surface area contributed by atoms with Crippen molar-refractivity contribution in [1.29, 1.82) is 0 Å². The molecule has 24 heavy (non-hydrogen) atoms. The van der Waals surface area contributed by atoms with E-state index in [2.05, 4.69) is 23.6 Å². The molecule has 0 saturated carbocycles. The Balaban J connectivity index is 2.19. The summed E-state index contributed by atoms with van der Waals surface area (Å²) >= 11 is 6.38. The molecule has 2 N–H and O–H groups in total. The zero-order valence-corrected chi connectivity index (χ0v) is 14.5. The highest BCUT2D eigenvalue weighted by atomic mass is 35.5. The third-order valence-electron chi connectivity index (χ3n) is 4.37. The van der Waals surface area contributed by atoms with E-state index in [4.69, 9.17) is 17.3 Å². The quantitative estimate of drug-likeness (QED) is 0.744. The first-order valence-electron chi connectivity index (χ1n) is 7.78. The molecule has 0 aliphatic carbocycles. The number of nitrogens with zero attached hydrogens (tertiary/aromatic N) is 1. The smallest absolute Gasteiger partial charge is 0.250 e. The Morgan fingerprint density at radius 2 is 1.75 bits per heavy atom. The lowest BCUT2D eigenvalue weighted by atomic mass is 10.1. The Labute approximate surface area is 146 Å². The number of nitrogens with two attached hydrogens (primary N) is 1. The summed E-state index contributed by atoms with van der Waals surface area (Å²) in [6.07, 6.45) is 0. The third kappa shape index (κ3) is 2.95. The first kappa shape index (κ1) is 16.3. The molecule has 3 rings (SSSR count). The van der Waals surface area contributed by atoms with Gasteiger partial charge in [0.15, 0.2) is 0 Å². The predicted molar refractivity (Wildman–Crippen MR) is 98.4 cm³/mol. The third-order valence-corrected chi connectivity index (χ3v) is 4.70. The standard InChI is InChI=1S/C20H19ClN2O/c1-13-7-3-4-8-15(13)12-23-14(2)17(20(22)24)11-19(23)16-9-5-6-10-18(16)21/h3-11H,12H2,1-2H3,(H2,22,24). The maximum Gasteiger partial charge on any atom is 0.250 e. The molecule has 1 aromatic heterocycles. The van der Waals surface area contributed by atoms with Crippen LogP contribution in [0, 0.1) is 13.8 Å². The minimum Gasteiger partial charge on any atom is -0.366 e. The van der Waals surface area contributed by atoms with Gasteiger partial charge in [-0.1, -0.05) is 54.1 Å². The number of amides is 1. The first-order chi connectivity index (χ1) is 11.5. The van der Waals surface area contributed by atoms with Gasteiger partial charge in [0, 0.05) is 22.8 Å². The molecule has 122 valence electrons. The summed E-state index contributed by atoms with van der Waals surface area (Å²) in [7, 11) is 0. The van der Waals surface area contributed by atoms with E-state index in [0.29, 0.717) is 17.1 Å². The van der Waals surface area contributed by atoms with Crippen molar-refractivity contribution in [3.8, 4) is 11.3 Å². The highest BCUT2D eigenvalue weighted by Gasteiger charge is 2.18. The summed E-state index contributed by atoms with van der Waals surface area (Å²) in [5, 5.41) is 0.650. The molecule has 0 aliphatic heterocycles. The van der Waals surface area contributed by atoms with Gasteiger partial charge in [0.05, 0.1) is 11.3 Å². The van der Waals surface area contributed by atoms with Crippen LogP contribution < -0.4 is 5.73 Å². The van der Waals surface area contributed by atoms with E-state index in [1.807, 2.05) is 49.4 Å². The van der Waals surface area contributed by atoms with Gasteiger partial charge in [0.2, 0.25) is 0 Å². The second-order valence-electron chi connectivity index (χ2n) is 5.89. The first-order valence-corrected chi connectivity index (χ1v) is 8.16. The molecule has 1 heterocycles. The highest BCUT2D eigenvalue weighted by molar-refractivity contribution is 6.33. The molecule has 0 spiro atoms. The zero-order chi connectivity index (χ0) is 17.3. The van der Waals surface area contributed by atoms with Crippen molar-refractivity contribution < 1.29 is 4.79 Å². The summed E-state index contributed by atoms with van der Waals surface area (Å²) in [6, 6.07) is 17.7. The van der Waals surface area contributed by atoms with Gasteiger partial charge < -0.3 is 10.3 Å². The van der Waals surface area contributed by atoms with Crippen molar-refractivity contribution in [2.45, 2.75) is 20.4 Å². The molecule has 0 saturated heterocycles. The van der Waals surface area contributed by atoms with E-state index < -0.39 is 5.91 Å². The van der Waals surface area contributed by atoms with E-state index >= 15 is 0 Å². The molecule has 0 unspecified atom stereocenters. The molecule has 3 aromatic rings. The lowest BCUT2D eigenvalue weighted by molar-refractivity contribution is 0.0999. The number of carbonyl (C=O) groups is 1. The number of hydrogen-bond donors (Lipinski definition) is 1. The van der Waals surface area contributed by atoms with Crippen molar-refractivity contribution in [3.05, 3.63) is 82.0 Å². The van der Waals surface area contributed by atoms with Gasteiger partial charge in [-0.05, 0) is 37.1 Å². The number of rotatable bonds is 4. The second kappa shape index (κ2) is 6.54. The Hall–Kier alpha value is -2.52. The molecule has 4 heteroatoms. The molecule has 1 amide bonds. The topological polar surface area (TPSA) is 48.0 Å². The number of aryl methyl sites for hydroxylation is 1. The summed E-state index contributed by atoms with van der Waals surface area (Å²) < 4.78 is 2.10. The lowest BCUT2D eigenvalue weighted by Crippen LogP contribution is -2.13. The Morgan fingerprint density at radius 3 is 2.42 bits per heavy atom. The number of aromatic nitrogens is 1. The van der Waals surface area contributed by atoms with Gasteiger partial charge in [0.1, 0.15) is 0 Å². The van der Waals surface area contributed by atoms with E-state index in [9.17, 15) is 4.79 Å². The second-order valence-corrected chi connectivity index (χ2v) is 6.29. The van der Waals surface area contributed by atoms with Gasteiger partial charge in [-0.2, -0.15) is 0 Å². The molecule has 2 aromatic carbocycles. The number of primary amides is 1. The summed E-state index contributed by atoms with van der Waals surface area (Å²) in [6.45, 7) is 4.66. The van der Waals surface area contributed by atoms with E-state index in [1.165, 1.54) is 11.1 Å². The minimum atomic E-state index is -0.427. The molecule has 0 radical (unpaired) electrons. The van der Waals surface area contributed by atoms with Crippen molar-refractivity contribution >= 4 is 17.5 Å². The zero-order valence-electron chi connectivity index (χ0n) is 13.7. The van der Waals surface area contributed by atoms with Crippen LogP contribution in [-0.2, 0) is 6.54 Å². The van der Waals surface area contributed by atoms with Crippen LogP contribution in [0.15, 0.2) is 54.6 Å². The predicted octanol–water partition coefficient (Wildman–Crippen LogP) is 4.57. The number of benzene rings is 2. The van der Waals surface area contributed by atoms with Crippen LogP contribution in [0.25, 0.3) is 11.3 Å². The largest absolute Gasteiger partial charge is 0.366 e. The lowest BCUT2D eigenvalue weighted by Gasteiger charge is -2.14. The Morgan fingerprint density at radius 1 is 1.08 bits per heavy atom. The summed E-state index contributed by atoms with van der Waals surface area (Å²) in [5.41, 5.74) is 11.1. The van der Waals surface area contributed by atoms with Crippen molar-refractivity contribution in [3.63, 3.8) is 0 Å². The number of carbonyl (C=O) groups excluding carboxylic acids is 1. The molecule has 0 atom stereocenters. The fourth-order valence-electron chi connectivity index (χ4n) is 2.95. The number of halogens is 1. The molecule has 0 bridgehead atoms. The van der Waals surface area contributed by atoms with Crippen LogP contribution in [0.2, 0.25) is 5.02 Å². The van der Waals surface area contributed by atoms with Crippen molar-refractivity contribution in [1.82, 2.24) is 4.57 Å². The fourth-order valence-corrected chi connectivity index (χ4v) is 3.18. The molecular weight excluding hydrogens is 320 g/mol. The average Bonchev–Trinajstić information content (AvgIpc) is 2.87. The normalized spacial score (nSPS) is 10.8. The maximum atomic E-state index is 11.8. The van der Waals surface area contributed by atoms with E-state index in [1.54, 1.807) is 0 Å². The van der Waals surface area contributed by atoms with Crippen LogP contribution in [-0.4, -0.2) is 10.5 Å². The SMILES string of the molecule is Cc1ccccc1Cn1c(-c2ccccc2Cl)cc(C(N)=O)c1C. The summed E-state index contributed by atoms with van der Waals surface area (Å²) in [4.78, 5) is 11.8. The van der Waals surface area contributed by atoms with Crippen molar-refractivity contribution in [2.24, 2.45) is 5.73 Å². The number of hydrogen-bond acceptors (Lipinski definition) is 1. The van der Waals surface area contributed by atoms with Crippen LogP contribution in [0.5, 0.6) is 0 Å². The molecule has 3 nitrogen and oxygen atoms in total. The van der Waals surface area contributed by atoms with E-state index in [-0.39, 0.29) is 0 Å². The molecule has 0 fully saturated rings. The van der Waals surface area contributed by atoms with Gasteiger partial charge in [0.25, 0.3) is 5.91 Å². The van der Waals surface area contributed by atoms with Gasteiger partial charge in [-0.15, -0.1) is 0 Å². The van der Waals surface area contributed by atoms with Gasteiger partial charge in [-0.25, -0.2) is 0 Å². The molecular formula is C20H19ClN2O. The van der Waals surface area contributed by atoms with Gasteiger partial charge >= 0.3 is 0 Å². The summed E-state index contributed by atoms with van der Waals surface area (Å²) in [5.74, 6) is -0.427. The Bertz CT molecular complexity index is 912. The van der Waals surface area contributed by atoms with Crippen LogP contribution in [0.4, 0.5) is 0 Å². The van der Waals surface area contributed by atoms with Crippen molar-refractivity contribution in [2.75, 3.05) is 0 Å². The Kier molecular flexibility index (Phi) is 4.45. The average molecular weight is 339 g/mol. The van der Waals surface area contributed by atoms with Gasteiger partial charge in [-0.3, -0.25) is 4.79 Å².